The van der Waals surface area contributed by atoms with Crippen LogP contribution in [0, 0.1) is 13.8 Å². The van der Waals surface area contributed by atoms with Crippen LogP contribution in [0.25, 0.3) is 0 Å². The monoisotopic (exact) mass is 671 g/mol. The second-order valence-corrected chi connectivity index (χ2v) is 14.7. The summed E-state index contributed by atoms with van der Waals surface area (Å²) in [5.41, 5.74) is 4.02. The molecule has 1 N–H and O–H groups in total. The average Bonchev–Trinajstić information content (AvgIpc) is 3.07. The minimum absolute atomic E-state index is 0.0113. The number of carbonyl (C=O) groups is 2. The van der Waals surface area contributed by atoms with Crippen LogP contribution in [0.5, 0.6) is 0 Å². The van der Waals surface area contributed by atoms with Crippen LogP contribution in [-0.2, 0) is 32.6 Å². The van der Waals surface area contributed by atoms with E-state index >= 15 is 0 Å². The van der Waals surface area contributed by atoms with Gasteiger partial charge in [0.1, 0.15) is 12.6 Å². The number of aryl methyl sites for hydroxylation is 2. The predicted molar refractivity (Wildman–Crippen MR) is 188 cm³/mol. The maximum Gasteiger partial charge on any atom is 0.264 e. The number of hydrogen-bond donors (Lipinski definition) is 1. The van der Waals surface area contributed by atoms with Gasteiger partial charge in [0.15, 0.2) is 0 Å². The van der Waals surface area contributed by atoms with Crippen molar-refractivity contribution in [1.82, 2.24) is 10.2 Å². The van der Waals surface area contributed by atoms with Crippen LogP contribution in [0.2, 0.25) is 5.02 Å². The SMILES string of the molecule is Cc1ccc(CN(C(=O)CN(c2cccc(C)c2)S(=O)(=O)c2ccc(Cl)cc2)[C@@H](Cc2ccccc2)C(=O)NC2CCCCC2)cc1. The van der Waals surface area contributed by atoms with Crippen LogP contribution in [0.3, 0.4) is 0 Å². The molecule has 5 rings (SSSR count). The summed E-state index contributed by atoms with van der Waals surface area (Å²) in [5.74, 6) is -0.715. The standard InChI is InChI=1S/C38H42ClN3O4S/c1-28-16-18-31(19-17-28)26-41(36(25-30-11-5-3-6-12-30)38(44)40-33-13-7-4-8-14-33)37(43)27-42(34-15-9-10-29(2)24-34)47(45,46)35-22-20-32(39)21-23-35/h3,5-6,9-12,15-24,33,36H,4,7-8,13-14,25-27H2,1-2H3,(H,40,44)/t36-/m0/s1. The van der Waals surface area contributed by atoms with Crippen LogP contribution in [-0.4, -0.2) is 43.8 Å². The molecule has 2 amide bonds. The maximum absolute atomic E-state index is 14.7. The Kier molecular flexibility index (Phi) is 11.4. The fourth-order valence-electron chi connectivity index (χ4n) is 6.03. The van der Waals surface area contributed by atoms with Gasteiger partial charge < -0.3 is 10.2 Å². The number of sulfonamides is 1. The number of hydrogen-bond acceptors (Lipinski definition) is 4. The summed E-state index contributed by atoms with van der Waals surface area (Å²) in [7, 11) is -4.20. The van der Waals surface area contributed by atoms with Gasteiger partial charge in [-0.15, -0.1) is 0 Å². The third-order valence-electron chi connectivity index (χ3n) is 8.67. The Balaban J connectivity index is 1.56. The molecule has 4 aromatic carbocycles. The van der Waals surface area contributed by atoms with Gasteiger partial charge in [-0.05, 0) is 79.8 Å². The zero-order valence-corrected chi connectivity index (χ0v) is 28.5. The minimum Gasteiger partial charge on any atom is -0.352 e. The molecule has 1 saturated carbocycles. The number of halogens is 1. The largest absolute Gasteiger partial charge is 0.352 e. The molecular weight excluding hydrogens is 630 g/mol. The Morgan fingerprint density at radius 2 is 1.49 bits per heavy atom. The Bertz CT molecular complexity index is 1760. The molecule has 7 nitrogen and oxygen atoms in total. The number of rotatable bonds is 12. The van der Waals surface area contributed by atoms with Gasteiger partial charge in [0, 0.05) is 24.0 Å². The van der Waals surface area contributed by atoms with E-state index in [0.717, 1.165) is 58.7 Å². The van der Waals surface area contributed by atoms with E-state index in [9.17, 15) is 18.0 Å². The Hall–Kier alpha value is -4.14. The zero-order chi connectivity index (χ0) is 33.4. The summed E-state index contributed by atoms with van der Waals surface area (Å²) in [6.07, 6.45) is 5.33. The van der Waals surface area contributed by atoms with Crippen LogP contribution in [0.1, 0.15) is 54.4 Å². The molecule has 0 saturated heterocycles. The molecule has 0 heterocycles. The smallest absolute Gasteiger partial charge is 0.264 e. The highest BCUT2D eigenvalue weighted by Gasteiger charge is 2.35. The fourth-order valence-corrected chi connectivity index (χ4v) is 7.57. The lowest BCUT2D eigenvalue weighted by Crippen LogP contribution is -2.55. The molecule has 4 aromatic rings. The number of anilines is 1. The lowest BCUT2D eigenvalue weighted by Gasteiger charge is -2.35. The molecule has 0 spiro atoms. The van der Waals surface area contributed by atoms with Crippen molar-refractivity contribution in [2.45, 2.75) is 75.9 Å². The highest BCUT2D eigenvalue weighted by molar-refractivity contribution is 7.92. The fraction of sp³-hybridized carbons (Fsp3) is 0.316. The van der Waals surface area contributed by atoms with E-state index in [2.05, 4.69) is 5.32 Å². The first-order chi connectivity index (χ1) is 22.6. The van der Waals surface area contributed by atoms with Gasteiger partial charge in [0.2, 0.25) is 11.8 Å². The molecule has 1 aliphatic rings. The first-order valence-corrected chi connectivity index (χ1v) is 18.0. The predicted octanol–water partition coefficient (Wildman–Crippen LogP) is 7.24. The molecule has 1 atom stereocenters. The van der Waals surface area contributed by atoms with Gasteiger partial charge in [0.25, 0.3) is 10.0 Å². The van der Waals surface area contributed by atoms with E-state index in [1.165, 1.54) is 24.3 Å². The first-order valence-electron chi connectivity index (χ1n) is 16.1. The molecule has 1 aliphatic carbocycles. The number of benzene rings is 4. The van der Waals surface area contributed by atoms with Crippen molar-refractivity contribution in [2.75, 3.05) is 10.8 Å². The topological polar surface area (TPSA) is 86.8 Å². The molecule has 1 fully saturated rings. The number of nitrogens with one attached hydrogen (secondary N) is 1. The van der Waals surface area contributed by atoms with Crippen molar-refractivity contribution in [3.05, 3.63) is 130 Å². The van der Waals surface area contributed by atoms with Gasteiger partial charge in [-0.3, -0.25) is 13.9 Å². The summed E-state index contributed by atoms with van der Waals surface area (Å²) in [5, 5.41) is 3.65. The third kappa shape index (κ3) is 9.02. The van der Waals surface area contributed by atoms with Crippen LogP contribution in [0.15, 0.2) is 108 Å². The van der Waals surface area contributed by atoms with Crippen molar-refractivity contribution in [1.29, 1.82) is 0 Å². The Morgan fingerprint density at radius 3 is 2.15 bits per heavy atom. The quantitative estimate of drug-likeness (QED) is 0.172. The van der Waals surface area contributed by atoms with Crippen molar-refractivity contribution in [2.24, 2.45) is 0 Å². The summed E-state index contributed by atoms with van der Waals surface area (Å²) < 4.78 is 29.5. The third-order valence-corrected chi connectivity index (χ3v) is 10.7. The lowest BCUT2D eigenvalue weighted by molar-refractivity contribution is -0.140. The molecule has 0 unspecified atom stereocenters. The van der Waals surface area contributed by atoms with Gasteiger partial charge in [-0.25, -0.2) is 8.42 Å². The molecule has 0 aromatic heterocycles. The van der Waals surface area contributed by atoms with E-state index < -0.39 is 28.5 Å². The van der Waals surface area contributed by atoms with Crippen LogP contribution in [0.4, 0.5) is 5.69 Å². The van der Waals surface area contributed by atoms with E-state index in [4.69, 9.17) is 11.6 Å². The molecule has 9 heteroatoms. The van der Waals surface area contributed by atoms with Gasteiger partial charge in [0.05, 0.1) is 10.6 Å². The van der Waals surface area contributed by atoms with Crippen molar-refractivity contribution in [3.8, 4) is 0 Å². The lowest BCUT2D eigenvalue weighted by atomic mass is 9.94. The molecule has 246 valence electrons. The van der Waals surface area contributed by atoms with E-state index in [0.29, 0.717) is 10.7 Å². The Labute approximate surface area is 283 Å². The molecular formula is C38H42ClN3O4S. The molecule has 47 heavy (non-hydrogen) atoms. The van der Waals surface area contributed by atoms with Gasteiger partial charge in [-0.1, -0.05) is 103 Å². The van der Waals surface area contributed by atoms with Gasteiger partial charge in [-0.2, -0.15) is 0 Å². The van der Waals surface area contributed by atoms with E-state index in [1.807, 2.05) is 74.5 Å². The second kappa shape index (κ2) is 15.6. The average molecular weight is 672 g/mol. The second-order valence-electron chi connectivity index (χ2n) is 12.4. The van der Waals surface area contributed by atoms with Crippen molar-refractivity contribution < 1.29 is 18.0 Å². The molecule has 0 aliphatic heterocycles. The summed E-state index contributed by atoms with van der Waals surface area (Å²) >= 11 is 6.09. The maximum atomic E-state index is 14.7. The van der Waals surface area contributed by atoms with E-state index in [-0.39, 0.29) is 29.8 Å². The number of carbonyl (C=O) groups excluding carboxylic acids is 2. The normalized spacial score (nSPS) is 14.3. The van der Waals surface area contributed by atoms with Crippen LogP contribution < -0.4 is 9.62 Å². The summed E-state index contributed by atoms with van der Waals surface area (Å²) in [6, 6.07) is 29.6. The van der Waals surface area contributed by atoms with Crippen molar-refractivity contribution >= 4 is 39.1 Å². The van der Waals surface area contributed by atoms with Crippen molar-refractivity contribution in [3.63, 3.8) is 0 Å². The molecule has 0 radical (unpaired) electrons. The summed E-state index contributed by atoms with van der Waals surface area (Å²) in [6.45, 7) is 3.50. The molecule has 0 bridgehead atoms. The highest BCUT2D eigenvalue weighted by atomic mass is 35.5. The Morgan fingerprint density at radius 1 is 0.809 bits per heavy atom. The number of nitrogens with zero attached hydrogens (tertiary/aromatic N) is 2. The minimum atomic E-state index is -4.20. The first kappa shape index (κ1) is 34.2. The van der Waals surface area contributed by atoms with Gasteiger partial charge >= 0.3 is 0 Å². The highest BCUT2D eigenvalue weighted by Crippen LogP contribution is 2.27. The zero-order valence-electron chi connectivity index (χ0n) is 26.9. The number of amides is 2. The van der Waals surface area contributed by atoms with E-state index in [1.54, 1.807) is 23.1 Å². The summed E-state index contributed by atoms with van der Waals surface area (Å²) in [4.78, 5) is 30.4. The van der Waals surface area contributed by atoms with Crippen LogP contribution >= 0.6 is 11.6 Å².